The summed E-state index contributed by atoms with van der Waals surface area (Å²) in [6, 6.07) is 2.51. The smallest absolute Gasteiger partial charge is 0.152 e. The molecule has 0 fully saturated rings. The van der Waals surface area contributed by atoms with Gasteiger partial charge >= 0.3 is 0 Å². The van der Waals surface area contributed by atoms with Crippen molar-refractivity contribution >= 4 is 21.7 Å². The standard InChI is InChI=1S/C13H12BrF2N3/c1-6-7(2)19-13(17-3)12(18-6)10-9(15)5-4-8(14)11(10)16/h4-5H,1-3H3,(H,17,19). The molecule has 2 rings (SSSR count). The summed E-state index contributed by atoms with van der Waals surface area (Å²) in [4.78, 5) is 8.51. The van der Waals surface area contributed by atoms with Crippen LogP contribution in [0, 0.1) is 25.5 Å². The number of benzene rings is 1. The van der Waals surface area contributed by atoms with Crippen LogP contribution in [0.2, 0.25) is 0 Å². The molecule has 1 aromatic heterocycles. The lowest BCUT2D eigenvalue weighted by molar-refractivity contribution is 0.584. The molecule has 100 valence electrons. The van der Waals surface area contributed by atoms with Gasteiger partial charge in [0, 0.05) is 7.05 Å². The molecule has 0 aliphatic carbocycles. The molecule has 0 unspecified atom stereocenters. The second-order valence-electron chi connectivity index (χ2n) is 4.06. The predicted octanol–water partition coefficient (Wildman–Crippen LogP) is 3.84. The van der Waals surface area contributed by atoms with Gasteiger partial charge in [0.05, 0.1) is 21.4 Å². The van der Waals surface area contributed by atoms with Crippen molar-refractivity contribution in [3.8, 4) is 11.3 Å². The largest absolute Gasteiger partial charge is 0.371 e. The van der Waals surface area contributed by atoms with Gasteiger partial charge in [0.15, 0.2) is 5.82 Å². The first-order valence-corrected chi connectivity index (χ1v) is 6.42. The Bertz CT molecular complexity index is 644. The summed E-state index contributed by atoms with van der Waals surface area (Å²) in [5.41, 5.74) is 1.33. The zero-order valence-electron chi connectivity index (χ0n) is 10.7. The lowest BCUT2D eigenvalue weighted by Gasteiger charge is -2.12. The number of nitrogens with one attached hydrogen (secondary N) is 1. The summed E-state index contributed by atoms with van der Waals surface area (Å²) in [5.74, 6) is -1.01. The van der Waals surface area contributed by atoms with E-state index in [9.17, 15) is 8.78 Å². The quantitative estimate of drug-likeness (QED) is 0.851. The van der Waals surface area contributed by atoms with Gasteiger partial charge in [-0.15, -0.1) is 0 Å². The molecule has 19 heavy (non-hydrogen) atoms. The molecule has 1 heterocycles. The zero-order valence-corrected chi connectivity index (χ0v) is 12.3. The molecule has 2 aromatic rings. The molecule has 3 nitrogen and oxygen atoms in total. The van der Waals surface area contributed by atoms with E-state index < -0.39 is 11.6 Å². The predicted molar refractivity (Wildman–Crippen MR) is 74.1 cm³/mol. The van der Waals surface area contributed by atoms with E-state index in [-0.39, 0.29) is 15.7 Å². The number of hydrogen-bond donors (Lipinski definition) is 1. The highest BCUT2D eigenvalue weighted by Crippen LogP contribution is 2.33. The average molecular weight is 328 g/mol. The van der Waals surface area contributed by atoms with Crippen LogP contribution in [0.25, 0.3) is 11.3 Å². The molecule has 0 bridgehead atoms. The van der Waals surface area contributed by atoms with Crippen molar-refractivity contribution in [3.63, 3.8) is 0 Å². The lowest BCUT2D eigenvalue weighted by Crippen LogP contribution is -2.05. The van der Waals surface area contributed by atoms with Gasteiger partial charge in [-0.25, -0.2) is 18.7 Å². The second kappa shape index (κ2) is 5.21. The first-order valence-electron chi connectivity index (χ1n) is 5.62. The van der Waals surface area contributed by atoms with Crippen LogP contribution < -0.4 is 5.32 Å². The monoisotopic (exact) mass is 327 g/mol. The molecule has 0 radical (unpaired) electrons. The summed E-state index contributed by atoms with van der Waals surface area (Å²) in [6.45, 7) is 3.54. The first kappa shape index (κ1) is 13.9. The Morgan fingerprint density at radius 2 is 1.74 bits per heavy atom. The lowest BCUT2D eigenvalue weighted by atomic mass is 10.1. The molecule has 0 aliphatic heterocycles. The molecule has 6 heteroatoms. The molecule has 1 aromatic carbocycles. The molecule has 0 amide bonds. The number of nitrogens with zero attached hydrogens (tertiary/aromatic N) is 2. The highest BCUT2D eigenvalue weighted by atomic mass is 79.9. The molecule has 0 atom stereocenters. The highest BCUT2D eigenvalue weighted by Gasteiger charge is 2.20. The van der Waals surface area contributed by atoms with E-state index in [2.05, 4.69) is 31.2 Å². The summed E-state index contributed by atoms with van der Waals surface area (Å²) < 4.78 is 28.2. The summed E-state index contributed by atoms with van der Waals surface area (Å²) >= 11 is 3.05. The minimum Gasteiger partial charge on any atom is -0.371 e. The van der Waals surface area contributed by atoms with Crippen LogP contribution in [-0.4, -0.2) is 17.0 Å². The van der Waals surface area contributed by atoms with Crippen molar-refractivity contribution in [2.45, 2.75) is 13.8 Å². The fourth-order valence-corrected chi connectivity index (χ4v) is 2.03. The van der Waals surface area contributed by atoms with Crippen LogP contribution in [0.3, 0.4) is 0 Å². The van der Waals surface area contributed by atoms with Crippen LogP contribution in [0.1, 0.15) is 11.4 Å². The van der Waals surface area contributed by atoms with Gasteiger partial charge in [0.1, 0.15) is 17.3 Å². The van der Waals surface area contributed by atoms with Crippen molar-refractivity contribution in [2.75, 3.05) is 12.4 Å². The molecule has 1 N–H and O–H groups in total. The number of aryl methyl sites for hydroxylation is 2. The molecule has 0 aliphatic rings. The highest BCUT2D eigenvalue weighted by molar-refractivity contribution is 9.10. The Kier molecular flexibility index (Phi) is 3.80. The van der Waals surface area contributed by atoms with E-state index in [0.717, 1.165) is 0 Å². The summed E-state index contributed by atoms with van der Waals surface area (Å²) in [6.07, 6.45) is 0. The molecule has 0 saturated carbocycles. The van der Waals surface area contributed by atoms with Crippen molar-refractivity contribution in [1.82, 2.24) is 9.97 Å². The Labute approximate surface area is 118 Å². The van der Waals surface area contributed by atoms with Gasteiger partial charge in [-0.2, -0.15) is 0 Å². The third kappa shape index (κ3) is 2.45. The van der Waals surface area contributed by atoms with E-state index in [1.807, 2.05) is 0 Å². The van der Waals surface area contributed by atoms with E-state index in [4.69, 9.17) is 0 Å². The second-order valence-corrected chi connectivity index (χ2v) is 4.91. The van der Waals surface area contributed by atoms with E-state index in [0.29, 0.717) is 17.2 Å². The number of halogens is 3. The third-order valence-corrected chi connectivity index (χ3v) is 3.44. The average Bonchev–Trinajstić information content (AvgIpc) is 2.38. The maximum atomic E-state index is 14.1. The van der Waals surface area contributed by atoms with Crippen LogP contribution in [0.15, 0.2) is 16.6 Å². The van der Waals surface area contributed by atoms with Gasteiger partial charge in [-0.3, -0.25) is 0 Å². The number of rotatable bonds is 2. The molecular formula is C13H12BrF2N3. The van der Waals surface area contributed by atoms with Gasteiger partial charge < -0.3 is 5.32 Å². The van der Waals surface area contributed by atoms with Gasteiger partial charge in [-0.05, 0) is 41.9 Å². The number of hydrogen-bond acceptors (Lipinski definition) is 3. The summed E-state index contributed by atoms with van der Waals surface area (Å²) in [7, 11) is 1.64. The Morgan fingerprint density at radius 1 is 1.11 bits per heavy atom. The van der Waals surface area contributed by atoms with E-state index >= 15 is 0 Å². The summed E-state index contributed by atoms with van der Waals surface area (Å²) in [5, 5.41) is 2.81. The third-order valence-electron chi connectivity index (χ3n) is 2.82. The molecular weight excluding hydrogens is 316 g/mol. The fourth-order valence-electron chi connectivity index (χ4n) is 1.70. The van der Waals surface area contributed by atoms with Gasteiger partial charge in [0.25, 0.3) is 0 Å². The topological polar surface area (TPSA) is 37.8 Å². The zero-order chi connectivity index (χ0) is 14.2. The van der Waals surface area contributed by atoms with Crippen molar-refractivity contribution < 1.29 is 8.78 Å². The van der Waals surface area contributed by atoms with Gasteiger partial charge in [-0.1, -0.05) is 0 Å². The Hall–Kier alpha value is -1.56. The SMILES string of the molecule is CNc1nc(C)c(C)nc1-c1c(F)ccc(Br)c1F. The van der Waals surface area contributed by atoms with Crippen LogP contribution >= 0.6 is 15.9 Å². The Balaban J connectivity index is 2.79. The maximum absolute atomic E-state index is 14.1. The number of anilines is 1. The van der Waals surface area contributed by atoms with Gasteiger partial charge in [0.2, 0.25) is 0 Å². The first-order chi connectivity index (χ1) is 8.95. The van der Waals surface area contributed by atoms with Crippen molar-refractivity contribution in [3.05, 3.63) is 39.6 Å². The Morgan fingerprint density at radius 3 is 2.37 bits per heavy atom. The van der Waals surface area contributed by atoms with Crippen LogP contribution in [0.4, 0.5) is 14.6 Å². The minimum atomic E-state index is -0.686. The fraction of sp³-hybridized carbons (Fsp3) is 0.231. The van der Waals surface area contributed by atoms with Crippen molar-refractivity contribution in [2.24, 2.45) is 0 Å². The number of aromatic nitrogens is 2. The molecule has 0 spiro atoms. The van der Waals surface area contributed by atoms with Crippen LogP contribution in [0.5, 0.6) is 0 Å². The normalized spacial score (nSPS) is 10.6. The minimum absolute atomic E-state index is 0.168. The van der Waals surface area contributed by atoms with Crippen molar-refractivity contribution in [1.29, 1.82) is 0 Å². The molecule has 0 saturated heterocycles. The maximum Gasteiger partial charge on any atom is 0.152 e. The van der Waals surface area contributed by atoms with Crippen LogP contribution in [-0.2, 0) is 0 Å². The van der Waals surface area contributed by atoms with E-state index in [1.165, 1.54) is 12.1 Å². The van der Waals surface area contributed by atoms with E-state index in [1.54, 1.807) is 20.9 Å².